The Hall–Kier alpha value is -1.58. The van der Waals surface area contributed by atoms with Gasteiger partial charge in [0.1, 0.15) is 12.4 Å². The van der Waals surface area contributed by atoms with Crippen LogP contribution < -0.4 is 9.46 Å². The molecular formula is C11H12N2O3S. The number of nitrogens with zero attached hydrogens (tertiary/aromatic N) is 1. The average molecular weight is 252 g/mol. The molecule has 0 radical (unpaired) electrons. The van der Waals surface area contributed by atoms with E-state index in [-0.39, 0.29) is 6.04 Å². The van der Waals surface area contributed by atoms with E-state index in [0.29, 0.717) is 18.6 Å². The number of rotatable bonds is 2. The summed E-state index contributed by atoms with van der Waals surface area (Å²) in [6.07, 6.45) is 1.66. The largest absolute Gasteiger partial charge is 0.492 e. The second-order valence-corrected chi connectivity index (χ2v) is 5.82. The summed E-state index contributed by atoms with van der Waals surface area (Å²) in [4.78, 5) is 0. The van der Waals surface area contributed by atoms with Gasteiger partial charge in [-0.05, 0) is 30.2 Å². The predicted octanol–water partition coefficient (Wildman–Crippen LogP) is 0.411. The number of fused-ring (bicyclic) bond motifs is 1. The first-order valence-corrected chi connectivity index (χ1v) is 7.00. The molecule has 2 rings (SSSR count). The molecule has 0 amide bonds. The predicted molar refractivity (Wildman–Crippen MR) is 62.1 cm³/mol. The van der Waals surface area contributed by atoms with Crippen molar-refractivity contribution in [2.24, 2.45) is 0 Å². The molecule has 5 nitrogen and oxygen atoms in total. The van der Waals surface area contributed by atoms with Gasteiger partial charge in [-0.1, -0.05) is 0 Å². The third-order valence-corrected chi connectivity index (χ3v) is 3.24. The number of nitrogens with one attached hydrogen (secondary N) is 1. The van der Waals surface area contributed by atoms with Gasteiger partial charge in [-0.3, -0.25) is 0 Å². The Morgan fingerprint density at radius 3 is 2.94 bits per heavy atom. The van der Waals surface area contributed by atoms with Crippen molar-refractivity contribution in [3.8, 4) is 11.8 Å². The van der Waals surface area contributed by atoms with Gasteiger partial charge in [0.2, 0.25) is 10.0 Å². The van der Waals surface area contributed by atoms with Crippen LogP contribution in [0.3, 0.4) is 0 Å². The Balaban J connectivity index is 2.20. The van der Waals surface area contributed by atoms with Gasteiger partial charge in [0.05, 0.1) is 23.9 Å². The fourth-order valence-corrected chi connectivity index (χ4v) is 2.60. The minimum Gasteiger partial charge on any atom is -0.492 e. The molecule has 0 aromatic heterocycles. The maximum Gasteiger partial charge on any atom is 0.209 e. The minimum absolute atomic E-state index is 0.272. The fraction of sp³-hybridized carbons (Fsp3) is 0.364. The van der Waals surface area contributed by atoms with Crippen molar-refractivity contribution in [3.63, 3.8) is 0 Å². The Kier molecular flexibility index (Phi) is 3.05. The van der Waals surface area contributed by atoms with Crippen molar-refractivity contribution >= 4 is 10.0 Å². The van der Waals surface area contributed by atoms with Crippen LogP contribution in [-0.2, 0) is 16.4 Å². The van der Waals surface area contributed by atoms with E-state index in [9.17, 15) is 8.42 Å². The quantitative estimate of drug-likeness (QED) is 0.826. The molecule has 6 heteroatoms. The highest BCUT2D eigenvalue weighted by molar-refractivity contribution is 7.88. The lowest BCUT2D eigenvalue weighted by atomic mass is 10.0. The van der Waals surface area contributed by atoms with E-state index in [1.165, 1.54) is 0 Å². The van der Waals surface area contributed by atoms with Gasteiger partial charge in [-0.15, -0.1) is 0 Å². The van der Waals surface area contributed by atoms with Gasteiger partial charge in [-0.2, -0.15) is 5.26 Å². The molecule has 0 saturated heterocycles. The maximum absolute atomic E-state index is 11.1. The molecule has 0 aliphatic carbocycles. The third kappa shape index (κ3) is 2.96. The Morgan fingerprint density at radius 1 is 1.53 bits per heavy atom. The Morgan fingerprint density at radius 2 is 2.29 bits per heavy atom. The Labute approximate surface area is 100 Å². The highest BCUT2D eigenvalue weighted by Crippen LogP contribution is 2.25. The number of benzene rings is 1. The van der Waals surface area contributed by atoms with E-state index < -0.39 is 10.0 Å². The summed E-state index contributed by atoms with van der Waals surface area (Å²) in [5, 5.41) is 8.79. The van der Waals surface area contributed by atoms with E-state index in [1.54, 1.807) is 18.2 Å². The van der Waals surface area contributed by atoms with E-state index in [2.05, 4.69) is 4.72 Å². The number of ether oxygens (including phenoxy) is 1. The molecule has 0 fully saturated rings. The van der Waals surface area contributed by atoms with E-state index in [1.807, 2.05) is 6.07 Å². The van der Waals surface area contributed by atoms with Crippen LogP contribution in [-0.4, -0.2) is 27.3 Å². The molecular weight excluding hydrogens is 240 g/mol. The summed E-state index contributed by atoms with van der Waals surface area (Å²) >= 11 is 0. The molecule has 0 bridgehead atoms. The Bertz CT molecular complexity index is 575. The van der Waals surface area contributed by atoms with Gasteiger partial charge in [-0.25, -0.2) is 13.1 Å². The molecule has 1 aliphatic rings. The van der Waals surface area contributed by atoms with Gasteiger partial charge < -0.3 is 4.74 Å². The SMILES string of the molecule is CS(=O)(=O)NC1COc2ccc(C#N)cc2C1. The minimum atomic E-state index is -3.24. The number of hydrogen-bond acceptors (Lipinski definition) is 4. The first kappa shape index (κ1) is 11.9. The van der Waals surface area contributed by atoms with Gasteiger partial charge in [0.25, 0.3) is 0 Å². The molecule has 1 atom stereocenters. The van der Waals surface area contributed by atoms with E-state index in [4.69, 9.17) is 10.00 Å². The summed E-state index contributed by atoms with van der Waals surface area (Å²) < 4.78 is 30.2. The summed E-state index contributed by atoms with van der Waals surface area (Å²) in [6, 6.07) is 6.93. The number of hydrogen-bond donors (Lipinski definition) is 1. The second-order valence-electron chi connectivity index (χ2n) is 4.04. The van der Waals surface area contributed by atoms with Crippen molar-refractivity contribution in [2.75, 3.05) is 12.9 Å². The van der Waals surface area contributed by atoms with Crippen molar-refractivity contribution in [1.82, 2.24) is 4.72 Å². The van der Waals surface area contributed by atoms with Crippen LogP contribution in [0.4, 0.5) is 0 Å². The third-order valence-electron chi connectivity index (χ3n) is 2.48. The van der Waals surface area contributed by atoms with Crippen LogP contribution in [0.15, 0.2) is 18.2 Å². The molecule has 0 spiro atoms. The van der Waals surface area contributed by atoms with Crippen molar-refractivity contribution < 1.29 is 13.2 Å². The first-order valence-electron chi connectivity index (χ1n) is 5.11. The highest BCUT2D eigenvalue weighted by atomic mass is 32.2. The van der Waals surface area contributed by atoms with Crippen LogP contribution in [0.5, 0.6) is 5.75 Å². The normalized spacial score (nSPS) is 18.9. The molecule has 90 valence electrons. The molecule has 1 unspecified atom stereocenters. The summed E-state index contributed by atoms with van der Waals surface area (Å²) in [5.41, 5.74) is 1.41. The second kappa shape index (κ2) is 4.35. The van der Waals surface area contributed by atoms with Gasteiger partial charge >= 0.3 is 0 Å². The fourth-order valence-electron chi connectivity index (χ4n) is 1.84. The smallest absolute Gasteiger partial charge is 0.209 e. The van der Waals surface area contributed by atoms with Crippen molar-refractivity contribution in [1.29, 1.82) is 5.26 Å². The summed E-state index contributed by atoms with van der Waals surface area (Å²) in [6.45, 7) is 0.311. The standard InChI is InChI=1S/C11H12N2O3S/c1-17(14,15)13-10-5-9-4-8(6-12)2-3-11(9)16-7-10/h2-4,10,13H,5,7H2,1H3. The molecule has 17 heavy (non-hydrogen) atoms. The van der Waals surface area contributed by atoms with Crippen LogP contribution in [0.25, 0.3) is 0 Å². The van der Waals surface area contributed by atoms with Crippen LogP contribution in [0, 0.1) is 11.3 Å². The van der Waals surface area contributed by atoms with E-state index in [0.717, 1.165) is 17.6 Å². The summed E-state index contributed by atoms with van der Waals surface area (Å²) in [5.74, 6) is 0.718. The monoisotopic (exact) mass is 252 g/mol. The molecule has 0 saturated carbocycles. The molecule has 1 N–H and O–H groups in total. The van der Waals surface area contributed by atoms with E-state index >= 15 is 0 Å². The molecule has 1 heterocycles. The van der Waals surface area contributed by atoms with Crippen LogP contribution in [0.2, 0.25) is 0 Å². The van der Waals surface area contributed by atoms with Gasteiger partial charge in [0.15, 0.2) is 0 Å². The van der Waals surface area contributed by atoms with Gasteiger partial charge in [0, 0.05) is 0 Å². The molecule has 1 aromatic rings. The molecule has 1 aliphatic heterocycles. The van der Waals surface area contributed by atoms with Crippen LogP contribution >= 0.6 is 0 Å². The number of sulfonamides is 1. The zero-order chi connectivity index (χ0) is 12.5. The highest BCUT2D eigenvalue weighted by Gasteiger charge is 2.22. The molecule has 1 aromatic carbocycles. The zero-order valence-corrected chi connectivity index (χ0v) is 10.1. The maximum atomic E-state index is 11.1. The lowest BCUT2D eigenvalue weighted by Crippen LogP contribution is -2.42. The summed E-state index contributed by atoms with van der Waals surface area (Å²) in [7, 11) is -3.24. The topological polar surface area (TPSA) is 79.2 Å². The lowest BCUT2D eigenvalue weighted by Gasteiger charge is -2.25. The lowest BCUT2D eigenvalue weighted by molar-refractivity contribution is 0.254. The zero-order valence-electron chi connectivity index (χ0n) is 9.30. The average Bonchev–Trinajstić information content (AvgIpc) is 2.26. The van der Waals surface area contributed by atoms with Crippen molar-refractivity contribution in [3.05, 3.63) is 29.3 Å². The van der Waals surface area contributed by atoms with Crippen molar-refractivity contribution in [2.45, 2.75) is 12.5 Å². The first-order chi connectivity index (χ1) is 7.98. The number of nitriles is 1. The van der Waals surface area contributed by atoms with Crippen LogP contribution in [0.1, 0.15) is 11.1 Å².